The van der Waals surface area contributed by atoms with Crippen LogP contribution in [0.25, 0.3) is 0 Å². The molecule has 6 nitrogen and oxygen atoms in total. The second kappa shape index (κ2) is 6.80. The van der Waals surface area contributed by atoms with Gasteiger partial charge in [-0.15, -0.1) is 0 Å². The molecule has 1 saturated heterocycles. The van der Waals surface area contributed by atoms with Gasteiger partial charge in [-0.25, -0.2) is 8.42 Å². The van der Waals surface area contributed by atoms with Gasteiger partial charge in [-0.05, 0) is 36.1 Å². The molecule has 0 N–H and O–H groups in total. The van der Waals surface area contributed by atoms with Gasteiger partial charge in [0, 0.05) is 18.8 Å². The number of nitrogens with zero attached hydrogens (tertiary/aromatic N) is 2. The van der Waals surface area contributed by atoms with Gasteiger partial charge >= 0.3 is 0 Å². The van der Waals surface area contributed by atoms with Gasteiger partial charge in [0.1, 0.15) is 11.9 Å². The minimum atomic E-state index is -3.53. The fourth-order valence-electron chi connectivity index (χ4n) is 2.94. The largest absolute Gasteiger partial charge is 0.487 e. The molecule has 0 radical (unpaired) electrons. The van der Waals surface area contributed by atoms with Crippen molar-refractivity contribution in [1.29, 1.82) is 0 Å². The van der Waals surface area contributed by atoms with E-state index in [0.717, 1.165) is 11.3 Å². The van der Waals surface area contributed by atoms with Crippen LogP contribution in [0.3, 0.4) is 0 Å². The van der Waals surface area contributed by atoms with Gasteiger partial charge in [-0.3, -0.25) is 4.79 Å². The molecule has 7 heteroatoms. The Morgan fingerprint density at radius 3 is 2.19 bits per heavy atom. The Labute approximate surface area is 160 Å². The molecule has 1 aliphatic rings. The maximum atomic E-state index is 12.7. The fourth-order valence-corrected chi connectivity index (χ4v) is 4.45. The van der Waals surface area contributed by atoms with Crippen LogP contribution in [-0.2, 0) is 22.5 Å². The zero-order chi connectivity index (χ0) is 20.0. The zero-order valence-corrected chi connectivity index (χ0v) is 17.2. The van der Waals surface area contributed by atoms with E-state index < -0.39 is 10.0 Å². The first kappa shape index (κ1) is 19.6. The highest BCUT2D eigenvalue weighted by Gasteiger charge is 2.38. The van der Waals surface area contributed by atoms with Gasteiger partial charge in [0.2, 0.25) is 10.0 Å². The highest BCUT2D eigenvalue weighted by Crippen LogP contribution is 2.27. The molecule has 2 aromatic rings. The summed E-state index contributed by atoms with van der Waals surface area (Å²) in [5, 5.41) is 0. The number of rotatable bonds is 4. The molecule has 0 aliphatic carbocycles. The van der Waals surface area contributed by atoms with Crippen LogP contribution in [0, 0.1) is 6.92 Å². The molecule has 27 heavy (non-hydrogen) atoms. The Balaban J connectivity index is 1.67. The quantitative estimate of drug-likeness (QED) is 0.804. The van der Waals surface area contributed by atoms with E-state index in [4.69, 9.17) is 4.74 Å². The van der Waals surface area contributed by atoms with Crippen LogP contribution in [0.15, 0.2) is 46.1 Å². The van der Waals surface area contributed by atoms with Crippen molar-refractivity contribution in [2.75, 3.05) is 13.1 Å². The normalized spacial score (nSPS) is 16.2. The summed E-state index contributed by atoms with van der Waals surface area (Å²) in [7, 11) is -1.83. The van der Waals surface area contributed by atoms with E-state index >= 15 is 0 Å². The van der Waals surface area contributed by atoms with Crippen LogP contribution >= 0.6 is 0 Å². The summed E-state index contributed by atoms with van der Waals surface area (Å²) in [5.41, 5.74) is 1.71. The highest BCUT2D eigenvalue weighted by atomic mass is 32.2. The number of aromatic nitrogens is 1. The lowest BCUT2D eigenvalue weighted by Gasteiger charge is -2.37. The molecule has 1 aliphatic heterocycles. The average Bonchev–Trinajstić information content (AvgIpc) is 2.54. The summed E-state index contributed by atoms with van der Waals surface area (Å²) >= 11 is 0. The molecule has 0 saturated carbocycles. The molecule has 1 aromatic carbocycles. The van der Waals surface area contributed by atoms with Crippen molar-refractivity contribution in [3.63, 3.8) is 0 Å². The van der Waals surface area contributed by atoms with E-state index in [9.17, 15) is 13.2 Å². The number of benzene rings is 1. The number of hydrogen-bond acceptors (Lipinski definition) is 4. The molecule has 0 amide bonds. The summed E-state index contributed by atoms with van der Waals surface area (Å²) < 4.78 is 34.2. The van der Waals surface area contributed by atoms with Crippen LogP contribution in [0.2, 0.25) is 0 Å². The van der Waals surface area contributed by atoms with Gasteiger partial charge in [-0.2, -0.15) is 4.31 Å². The Kier molecular flexibility index (Phi) is 4.94. The number of sulfonamides is 1. The predicted octanol–water partition coefficient (Wildman–Crippen LogP) is 2.44. The van der Waals surface area contributed by atoms with E-state index in [-0.39, 0.29) is 30.2 Å². The van der Waals surface area contributed by atoms with Crippen LogP contribution in [0.1, 0.15) is 32.0 Å². The Morgan fingerprint density at radius 1 is 1.07 bits per heavy atom. The Hall–Kier alpha value is -2.12. The van der Waals surface area contributed by atoms with E-state index in [1.165, 1.54) is 14.9 Å². The van der Waals surface area contributed by atoms with Crippen molar-refractivity contribution < 1.29 is 13.2 Å². The van der Waals surface area contributed by atoms with E-state index in [1.54, 1.807) is 25.2 Å². The third kappa shape index (κ3) is 3.94. The number of hydrogen-bond donors (Lipinski definition) is 0. The second-order valence-electron chi connectivity index (χ2n) is 8.07. The summed E-state index contributed by atoms with van der Waals surface area (Å²) in [6.07, 6.45) is -0.250. The van der Waals surface area contributed by atoms with Crippen LogP contribution in [-0.4, -0.2) is 36.5 Å². The van der Waals surface area contributed by atoms with Crippen molar-refractivity contribution in [2.24, 2.45) is 7.05 Å². The van der Waals surface area contributed by atoms with Crippen molar-refractivity contribution in [1.82, 2.24) is 8.87 Å². The molecule has 0 atom stereocenters. The maximum absolute atomic E-state index is 12.7. The van der Waals surface area contributed by atoms with Gasteiger partial charge in [-0.1, -0.05) is 32.9 Å². The minimum absolute atomic E-state index is 0.0249. The molecule has 3 rings (SSSR count). The average molecular weight is 391 g/mol. The second-order valence-corrected chi connectivity index (χ2v) is 10.0. The predicted molar refractivity (Wildman–Crippen MR) is 105 cm³/mol. The summed E-state index contributed by atoms with van der Waals surface area (Å²) in [5.74, 6) is 0.479. The van der Waals surface area contributed by atoms with Crippen molar-refractivity contribution in [3.05, 3.63) is 58.0 Å². The molecular weight excluding hydrogens is 364 g/mol. The lowest BCUT2D eigenvalue weighted by Crippen LogP contribution is -2.56. The molecule has 0 unspecified atom stereocenters. The summed E-state index contributed by atoms with van der Waals surface area (Å²) in [6, 6.07) is 10.3. The number of pyridine rings is 1. The van der Waals surface area contributed by atoms with Crippen molar-refractivity contribution in [2.45, 2.75) is 44.1 Å². The first-order valence-corrected chi connectivity index (χ1v) is 10.4. The maximum Gasteiger partial charge on any atom is 0.254 e. The van der Waals surface area contributed by atoms with E-state index in [0.29, 0.717) is 10.6 Å². The smallest absolute Gasteiger partial charge is 0.254 e. The molecule has 0 bridgehead atoms. The first-order valence-electron chi connectivity index (χ1n) is 8.93. The van der Waals surface area contributed by atoms with Crippen molar-refractivity contribution >= 4 is 10.0 Å². The Morgan fingerprint density at radius 2 is 1.67 bits per heavy atom. The van der Waals surface area contributed by atoms with Gasteiger partial charge in [0.25, 0.3) is 5.56 Å². The number of ether oxygens (including phenoxy) is 1. The monoisotopic (exact) mass is 390 g/mol. The third-order valence-corrected chi connectivity index (χ3v) is 6.80. The lowest BCUT2D eigenvalue weighted by molar-refractivity contribution is 0.0759. The fraction of sp³-hybridized carbons (Fsp3) is 0.450. The van der Waals surface area contributed by atoms with Gasteiger partial charge in [0.15, 0.2) is 0 Å². The summed E-state index contributed by atoms with van der Waals surface area (Å²) in [6.45, 7) is 8.65. The SMILES string of the molecule is Cc1cc(OC2CN(S(=O)(=O)c3ccc(C(C)(C)C)cc3)C2)cc(=O)n1C. The molecule has 0 spiro atoms. The molecule has 2 heterocycles. The van der Waals surface area contributed by atoms with E-state index in [1.807, 2.05) is 19.1 Å². The highest BCUT2D eigenvalue weighted by molar-refractivity contribution is 7.89. The molecule has 1 aromatic heterocycles. The Bertz CT molecular complexity index is 996. The molecular formula is C20H26N2O4S. The summed E-state index contributed by atoms with van der Waals surface area (Å²) in [4.78, 5) is 12.1. The molecule has 146 valence electrons. The van der Waals surface area contributed by atoms with E-state index in [2.05, 4.69) is 20.8 Å². The first-order chi connectivity index (χ1) is 12.5. The molecule has 1 fully saturated rings. The topological polar surface area (TPSA) is 68.6 Å². The van der Waals surface area contributed by atoms with Gasteiger partial charge < -0.3 is 9.30 Å². The minimum Gasteiger partial charge on any atom is -0.487 e. The standard InChI is InChI=1S/C20H26N2O4S/c1-14-10-16(11-19(23)21(14)5)26-17-12-22(13-17)27(24,25)18-8-6-15(7-9-18)20(2,3)4/h6-11,17H,12-13H2,1-5H3. The van der Waals surface area contributed by atoms with Crippen LogP contribution < -0.4 is 10.3 Å². The van der Waals surface area contributed by atoms with Crippen LogP contribution in [0.4, 0.5) is 0 Å². The lowest BCUT2D eigenvalue weighted by atomic mass is 9.87. The number of aryl methyl sites for hydroxylation is 1. The van der Waals surface area contributed by atoms with Crippen LogP contribution in [0.5, 0.6) is 5.75 Å². The third-order valence-electron chi connectivity index (χ3n) is 4.95. The van der Waals surface area contributed by atoms with Gasteiger partial charge in [0.05, 0.1) is 18.0 Å². The zero-order valence-electron chi connectivity index (χ0n) is 16.4. The van der Waals surface area contributed by atoms with Crippen molar-refractivity contribution in [3.8, 4) is 5.75 Å².